The van der Waals surface area contributed by atoms with E-state index in [1.165, 1.54) is 12.8 Å². The van der Waals surface area contributed by atoms with Crippen molar-refractivity contribution in [3.8, 4) is 0 Å². The van der Waals surface area contributed by atoms with Gasteiger partial charge in [-0.2, -0.15) is 0 Å². The van der Waals surface area contributed by atoms with Crippen molar-refractivity contribution in [2.24, 2.45) is 16.7 Å². The Kier molecular flexibility index (Phi) is 6.31. The molecule has 0 spiro atoms. The van der Waals surface area contributed by atoms with Gasteiger partial charge in [-0.3, -0.25) is 0 Å². The van der Waals surface area contributed by atoms with Crippen LogP contribution in [0.15, 0.2) is 24.8 Å². The molecule has 2 rings (SSSR count). The van der Waals surface area contributed by atoms with E-state index in [4.69, 9.17) is 9.47 Å². The first-order valence-electron chi connectivity index (χ1n) is 8.96. The Hall–Kier alpha value is -1.58. The fourth-order valence-electron chi connectivity index (χ4n) is 3.88. The van der Waals surface area contributed by atoms with Crippen molar-refractivity contribution >= 4 is 11.9 Å². The van der Waals surface area contributed by atoms with Crippen LogP contribution in [0.4, 0.5) is 0 Å². The monoisotopic (exact) mass is 350 g/mol. The zero-order valence-electron chi connectivity index (χ0n) is 16.9. The van der Waals surface area contributed by atoms with Gasteiger partial charge in [0.2, 0.25) is 0 Å². The average Bonchev–Trinajstić information content (AvgIpc) is 2.79. The first-order valence-corrected chi connectivity index (χ1v) is 8.96. The first kappa shape index (κ1) is 21.5. The molecular weight excluding hydrogens is 316 g/mol. The summed E-state index contributed by atoms with van der Waals surface area (Å²) in [4.78, 5) is 22.1. The van der Waals surface area contributed by atoms with Crippen LogP contribution >= 0.6 is 0 Å². The SMILES string of the molecule is C=C(C)C(=O)OC1CC2CCC1(C)C2(C)C.C=CC(=O)OC(C)(C)C. The molecule has 0 aliphatic heterocycles. The quantitative estimate of drug-likeness (QED) is 0.540. The highest BCUT2D eigenvalue weighted by molar-refractivity contribution is 5.87. The smallest absolute Gasteiger partial charge is 0.333 e. The summed E-state index contributed by atoms with van der Waals surface area (Å²) < 4.78 is 10.4. The van der Waals surface area contributed by atoms with Crippen molar-refractivity contribution in [2.75, 3.05) is 0 Å². The molecule has 0 aromatic heterocycles. The molecule has 0 aromatic carbocycles. The Labute approximate surface area is 152 Å². The van der Waals surface area contributed by atoms with E-state index in [1.807, 2.05) is 20.8 Å². The summed E-state index contributed by atoms with van der Waals surface area (Å²) in [6.07, 6.45) is 4.74. The van der Waals surface area contributed by atoms with E-state index in [0.717, 1.165) is 12.5 Å². The predicted octanol–water partition coefficient (Wildman–Crippen LogP) is 4.83. The van der Waals surface area contributed by atoms with Gasteiger partial charge in [0.1, 0.15) is 11.7 Å². The molecule has 25 heavy (non-hydrogen) atoms. The normalized spacial score (nSPS) is 29.2. The third-order valence-electron chi connectivity index (χ3n) is 5.89. The molecule has 0 N–H and O–H groups in total. The number of esters is 2. The van der Waals surface area contributed by atoms with E-state index in [1.54, 1.807) is 6.92 Å². The Morgan fingerprint density at radius 3 is 2.04 bits per heavy atom. The number of ether oxygens (including phenoxy) is 2. The standard InChI is InChI=1S/C14H22O2.C7H12O2/c1-9(2)12(15)16-11-8-10-6-7-14(11,5)13(10,3)4;1-5-6(8)9-7(2,3)4/h10-11H,1,6-8H2,2-5H3;5H,1H2,2-4H3. The van der Waals surface area contributed by atoms with Crippen molar-refractivity contribution in [3.63, 3.8) is 0 Å². The molecule has 0 heterocycles. The molecule has 2 aliphatic rings. The van der Waals surface area contributed by atoms with Gasteiger partial charge in [0.25, 0.3) is 0 Å². The zero-order chi connectivity index (χ0) is 19.6. The molecular formula is C21H34O4. The minimum atomic E-state index is -0.398. The van der Waals surface area contributed by atoms with Crippen molar-refractivity contribution in [1.29, 1.82) is 0 Å². The lowest BCUT2D eigenvalue weighted by atomic mass is 9.70. The molecule has 4 nitrogen and oxygen atoms in total. The molecule has 3 atom stereocenters. The van der Waals surface area contributed by atoms with Crippen LogP contribution in [-0.4, -0.2) is 23.6 Å². The second-order valence-corrected chi connectivity index (χ2v) is 9.02. The van der Waals surface area contributed by atoms with Crippen LogP contribution in [0.3, 0.4) is 0 Å². The van der Waals surface area contributed by atoms with Gasteiger partial charge in [-0.25, -0.2) is 9.59 Å². The lowest BCUT2D eigenvalue weighted by Gasteiger charge is -2.38. The Balaban J connectivity index is 0.000000299. The molecule has 0 aromatic rings. The molecule has 2 saturated carbocycles. The van der Waals surface area contributed by atoms with Gasteiger partial charge in [-0.15, -0.1) is 0 Å². The highest BCUT2D eigenvalue weighted by Crippen LogP contribution is 2.66. The molecule has 4 heteroatoms. The lowest BCUT2D eigenvalue weighted by Crippen LogP contribution is -2.38. The number of carbonyl (C=O) groups is 2. The highest BCUT2D eigenvalue weighted by Gasteiger charge is 2.62. The average molecular weight is 350 g/mol. The van der Waals surface area contributed by atoms with Gasteiger partial charge in [0.15, 0.2) is 0 Å². The van der Waals surface area contributed by atoms with Crippen molar-refractivity contribution in [1.82, 2.24) is 0 Å². The molecule has 2 aliphatic carbocycles. The van der Waals surface area contributed by atoms with Crippen LogP contribution in [0.2, 0.25) is 0 Å². The summed E-state index contributed by atoms with van der Waals surface area (Å²) in [5, 5.41) is 0. The van der Waals surface area contributed by atoms with Crippen LogP contribution in [0.5, 0.6) is 0 Å². The Bertz CT molecular complexity index is 553. The van der Waals surface area contributed by atoms with E-state index < -0.39 is 5.60 Å². The van der Waals surface area contributed by atoms with Crippen molar-refractivity contribution < 1.29 is 19.1 Å². The van der Waals surface area contributed by atoms with Crippen molar-refractivity contribution in [3.05, 3.63) is 24.8 Å². The summed E-state index contributed by atoms with van der Waals surface area (Å²) in [7, 11) is 0. The molecule has 2 fully saturated rings. The van der Waals surface area contributed by atoms with Gasteiger partial charge in [0, 0.05) is 17.1 Å². The largest absolute Gasteiger partial charge is 0.458 e. The van der Waals surface area contributed by atoms with Gasteiger partial charge in [-0.05, 0) is 58.3 Å². The molecule has 3 unspecified atom stereocenters. The molecule has 142 valence electrons. The van der Waals surface area contributed by atoms with E-state index >= 15 is 0 Å². The highest BCUT2D eigenvalue weighted by atomic mass is 16.6. The summed E-state index contributed by atoms with van der Waals surface area (Å²) >= 11 is 0. The van der Waals surface area contributed by atoms with E-state index in [9.17, 15) is 9.59 Å². The Morgan fingerprint density at radius 2 is 1.76 bits per heavy atom. The van der Waals surface area contributed by atoms with E-state index in [2.05, 4.69) is 33.9 Å². The van der Waals surface area contributed by atoms with Crippen LogP contribution in [0, 0.1) is 16.7 Å². The summed E-state index contributed by atoms with van der Waals surface area (Å²) in [5.41, 5.74) is 0.560. The van der Waals surface area contributed by atoms with Gasteiger partial charge in [-0.1, -0.05) is 33.9 Å². The third kappa shape index (κ3) is 4.74. The lowest BCUT2D eigenvalue weighted by molar-refractivity contribution is -0.152. The maximum atomic E-state index is 11.6. The topological polar surface area (TPSA) is 52.6 Å². The summed E-state index contributed by atoms with van der Waals surface area (Å²) in [6.45, 7) is 21.0. The number of fused-ring (bicyclic) bond motifs is 2. The maximum Gasteiger partial charge on any atom is 0.333 e. The summed E-state index contributed by atoms with van der Waals surface area (Å²) in [5.74, 6) is 0.109. The Morgan fingerprint density at radius 1 is 1.20 bits per heavy atom. The molecule has 2 bridgehead atoms. The van der Waals surface area contributed by atoms with E-state index in [0.29, 0.717) is 16.9 Å². The maximum absolute atomic E-state index is 11.6. The fourth-order valence-corrected chi connectivity index (χ4v) is 3.88. The second-order valence-electron chi connectivity index (χ2n) is 9.02. The number of rotatable bonds is 3. The number of hydrogen-bond acceptors (Lipinski definition) is 4. The van der Waals surface area contributed by atoms with Crippen molar-refractivity contribution in [2.45, 2.75) is 79.4 Å². The molecule has 0 saturated heterocycles. The first-order chi connectivity index (χ1) is 11.2. The second kappa shape index (κ2) is 7.35. The third-order valence-corrected chi connectivity index (χ3v) is 5.89. The zero-order valence-corrected chi connectivity index (χ0v) is 16.9. The summed E-state index contributed by atoms with van der Waals surface area (Å²) in [6, 6.07) is 0. The van der Waals surface area contributed by atoms with Crippen LogP contribution in [0.25, 0.3) is 0 Å². The predicted molar refractivity (Wildman–Crippen MR) is 100.0 cm³/mol. The van der Waals surface area contributed by atoms with Gasteiger partial charge < -0.3 is 9.47 Å². The number of hydrogen-bond donors (Lipinski definition) is 0. The minimum absolute atomic E-state index is 0.0884. The van der Waals surface area contributed by atoms with Crippen LogP contribution in [-0.2, 0) is 19.1 Å². The van der Waals surface area contributed by atoms with E-state index in [-0.39, 0.29) is 23.5 Å². The van der Waals surface area contributed by atoms with Gasteiger partial charge >= 0.3 is 11.9 Å². The minimum Gasteiger partial charge on any atom is -0.458 e. The van der Waals surface area contributed by atoms with Gasteiger partial charge in [0.05, 0.1) is 0 Å². The van der Waals surface area contributed by atoms with Crippen LogP contribution < -0.4 is 0 Å². The molecule has 0 radical (unpaired) electrons. The number of carbonyl (C=O) groups excluding carboxylic acids is 2. The fraction of sp³-hybridized carbons (Fsp3) is 0.714. The van der Waals surface area contributed by atoms with Crippen LogP contribution in [0.1, 0.15) is 67.7 Å². The molecule has 0 amide bonds.